The molecule has 0 saturated heterocycles. The minimum Gasteiger partial charge on any atom is -0.311 e. The van der Waals surface area contributed by atoms with E-state index in [1.54, 1.807) is 0 Å². The Morgan fingerprint density at radius 3 is 1.59 bits per heavy atom. The smallest absolute Gasteiger partial charge is 0.252 e. The SMILES string of the molecule is Cc1cc(C)cc(-c2cc(C(C)(C)C)ccc2N2c3ccc(C(C)(C)C)cc3B3c4ccc(C5CC6CCC5(C)C6(C)C)cc4N(c4cccc(C5CC6CCC5(C)C6(C)C)c4)c4cc(C)cc2c43)c1. The standard InChI is InChI=1S/C67H79BN2/c1-40-29-41(2)31-45(30-40)51-36-46(62(4,5)6)20-23-56(51)70-57-24-21-47(63(7,8)9)39-55(57)68-54-22-19-44(53-38-49-26-28-67(53,15)65(49,12)13)35-58(54)69(59-32-42(3)33-60(70)61(59)68)50-18-16-17-43(34-50)52-37-48-25-27-66(52,14)64(48,10)11/h16-24,29-36,39,48-49,52-53H,25-28,37-38H2,1-15H3. The second-order valence-corrected chi connectivity index (χ2v) is 27.4. The van der Waals surface area contributed by atoms with Crippen LogP contribution in [-0.4, -0.2) is 6.71 Å². The summed E-state index contributed by atoms with van der Waals surface area (Å²) in [5.41, 5.74) is 25.6. The number of hydrogen-bond donors (Lipinski definition) is 0. The third kappa shape index (κ3) is 6.43. The van der Waals surface area contributed by atoms with Crippen LogP contribution in [0.25, 0.3) is 11.1 Å². The number of nitrogens with zero attached hydrogens (tertiary/aromatic N) is 2. The average Bonchev–Trinajstić information content (AvgIpc) is 3.83. The van der Waals surface area contributed by atoms with E-state index in [2.05, 4.69) is 223 Å². The maximum Gasteiger partial charge on any atom is 0.252 e. The van der Waals surface area contributed by atoms with E-state index in [-0.39, 0.29) is 23.0 Å². The van der Waals surface area contributed by atoms with Crippen molar-refractivity contribution in [2.45, 2.75) is 165 Å². The van der Waals surface area contributed by atoms with Gasteiger partial charge in [-0.15, -0.1) is 0 Å². The lowest BCUT2D eigenvalue weighted by Crippen LogP contribution is -2.61. The average molecular weight is 923 g/mol. The maximum absolute atomic E-state index is 2.75. The van der Waals surface area contributed by atoms with E-state index in [1.807, 2.05) is 0 Å². The molecule has 360 valence electrons. The van der Waals surface area contributed by atoms with E-state index in [9.17, 15) is 0 Å². The molecule has 6 unspecified atom stereocenters. The quantitative estimate of drug-likeness (QED) is 0.159. The molecular formula is C67H79BN2. The van der Waals surface area contributed by atoms with Gasteiger partial charge in [0.25, 0.3) is 6.71 Å². The lowest BCUT2D eigenvalue weighted by atomic mass is 9.33. The summed E-state index contributed by atoms with van der Waals surface area (Å²) in [6.45, 7) is 36.7. The van der Waals surface area contributed by atoms with Crippen molar-refractivity contribution in [3.63, 3.8) is 0 Å². The number of fused-ring (bicyclic) bond motifs is 8. The first-order valence-corrected chi connectivity index (χ1v) is 27.3. The van der Waals surface area contributed by atoms with Crippen LogP contribution in [-0.2, 0) is 10.8 Å². The molecule has 3 heteroatoms. The van der Waals surface area contributed by atoms with Gasteiger partial charge in [0.2, 0.25) is 0 Å². The molecule has 0 aromatic heterocycles. The van der Waals surface area contributed by atoms with Crippen LogP contribution in [0.3, 0.4) is 0 Å². The molecule has 0 radical (unpaired) electrons. The summed E-state index contributed by atoms with van der Waals surface area (Å²) in [6.07, 6.45) is 7.98. The van der Waals surface area contributed by atoms with Crippen LogP contribution in [0.15, 0.2) is 109 Å². The molecule has 2 nitrogen and oxygen atoms in total. The van der Waals surface area contributed by atoms with Crippen molar-refractivity contribution in [3.05, 3.63) is 148 Å². The highest BCUT2D eigenvalue weighted by Crippen LogP contribution is 2.72. The molecule has 4 fully saturated rings. The molecule has 0 spiro atoms. The van der Waals surface area contributed by atoms with E-state index in [4.69, 9.17) is 0 Å². The summed E-state index contributed by atoms with van der Waals surface area (Å²) < 4.78 is 0. The fourth-order valence-electron chi connectivity index (χ4n) is 16.2. The van der Waals surface area contributed by atoms with Crippen LogP contribution in [0.2, 0.25) is 0 Å². The first-order chi connectivity index (χ1) is 32.9. The predicted octanol–water partition coefficient (Wildman–Crippen LogP) is 16.8. The Morgan fingerprint density at radius 1 is 0.486 bits per heavy atom. The van der Waals surface area contributed by atoms with Crippen LogP contribution < -0.4 is 26.2 Å². The van der Waals surface area contributed by atoms with E-state index >= 15 is 0 Å². The summed E-state index contributed by atoms with van der Waals surface area (Å²) in [7, 11) is 0. The zero-order valence-electron chi connectivity index (χ0n) is 45.4. The van der Waals surface area contributed by atoms with Gasteiger partial charge in [0.1, 0.15) is 0 Å². The molecule has 6 aromatic carbocycles. The van der Waals surface area contributed by atoms with Gasteiger partial charge in [-0.2, -0.15) is 0 Å². The van der Waals surface area contributed by atoms with Gasteiger partial charge < -0.3 is 9.80 Å². The third-order valence-electron chi connectivity index (χ3n) is 21.3. The largest absolute Gasteiger partial charge is 0.311 e. The lowest BCUT2D eigenvalue weighted by Gasteiger charge is -2.46. The molecular weight excluding hydrogens is 844 g/mol. The van der Waals surface area contributed by atoms with Crippen LogP contribution in [0, 0.1) is 54.3 Å². The molecule has 4 saturated carbocycles. The van der Waals surface area contributed by atoms with E-state index < -0.39 is 0 Å². The van der Waals surface area contributed by atoms with Crippen molar-refractivity contribution in [2.24, 2.45) is 33.5 Å². The van der Waals surface area contributed by atoms with Crippen molar-refractivity contribution in [3.8, 4) is 11.1 Å². The predicted molar refractivity (Wildman–Crippen MR) is 301 cm³/mol. The van der Waals surface area contributed by atoms with Crippen molar-refractivity contribution in [1.29, 1.82) is 0 Å². The van der Waals surface area contributed by atoms with Crippen LogP contribution in [0.5, 0.6) is 0 Å². The molecule has 2 aliphatic heterocycles. The highest BCUT2D eigenvalue weighted by molar-refractivity contribution is 7.00. The second kappa shape index (κ2) is 15.0. The van der Waals surface area contributed by atoms with E-state index in [1.165, 1.54) is 139 Å². The summed E-state index contributed by atoms with van der Waals surface area (Å²) in [5.74, 6) is 2.68. The molecule has 6 atom stereocenters. The molecule has 4 aliphatic carbocycles. The van der Waals surface area contributed by atoms with Crippen LogP contribution >= 0.6 is 0 Å². The maximum atomic E-state index is 2.75. The molecule has 0 N–H and O–H groups in total. The van der Waals surface area contributed by atoms with Crippen LogP contribution in [0.1, 0.15) is 172 Å². The van der Waals surface area contributed by atoms with Crippen molar-refractivity contribution in [1.82, 2.24) is 0 Å². The minimum absolute atomic E-state index is 0.00477. The monoisotopic (exact) mass is 923 g/mol. The Balaban J connectivity index is 1.13. The fourth-order valence-corrected chi connectivity index (χ4v) is 16.2. The zero-order valence-corrected chi connectivity index (χ0v) is 45.4. The Morgan fingerprint density at radius 2 is 1.03 bits per heavy atom. The number of rotatable bonds is 5. The van der Waals surface area contributed by atoms with Gasteiger partial charge in [-0.25, -0.2) is 0 Å². The Bertz CT molecular complexity index is 3130. The molecule has 6 aromatic rings. The van der Waals surface area contributed by atoms with Gasteiger partial charge in [-0.05, 0) is 214 Å². The molecule has 0 amide bonds. The zero-order chi connectivity index (χ0) is 49.4. The molecule has 12 rings (SSSR count). The summed E-state index contributed by atoms with van der Waals surface area (Å²) >= 11 is 0. The second-order valence-electron chi connectivity index (χ2n) is 27.4. The van der Waals surface area contributed by atoms with Crippen molar-refractivity contribution in [2.75, 3.05) is 9.80 Å². The number of benzene rings is 6. The Labute approximate surface area is 422 Å². The first-order valence-electron chi connectivity index (χ1n) is 27.3. The molecule has 4 bridgehead atoms. The number of anilines is 6. The van der Waals surface area contributed by atoms with Crippen molar-refractivity contribution >= 4 is 57.2 Å². The highest BCUT2D eigenvalue weighted by atomic mass is 15.2. The Kier molecular flexibility index (Phi) is 9.89. The lowest BCUT2D eigenvalue weighted by molar-refractivity contribution is 0.134. The number of aryl methyl sites for hydroxylation is 3. The highest BCUT2D eigenvalue weighted by Gasteiger charge is 2.63. The molecule has 2 heterocycles. The summed E-state index contributed by atoms with van der Waals surface area (Å²) in [6, 6.07) is 44.9. The fraction of sp³-hybridized carbons (Fsp3) is 0.463. The normalized spacial score (nSPS) is 26.7. The van der Waals surface area contributed by atoms with Gasteiger partial charge in [0.15, 0.2) is 0 Å². The van der Waals surface area contributed by atoms with Crippen molar-refractivity contribution < 1.29 is 0 Å². The molecule has 70 heavy (non-hydrogen) atoms. The van der Waals surface area contributed by atoms with Gasteiger partial charge in [0.05, 0.1) is 5.69 Å². The first kappa shape index (κ1) is 46.1. The summed E-state index contributed by atoms with van der Waals surface area (Å²) in [4.78, 5) is 5.42. The van der Waals surface area contributed by atoms with Gasteiger partial charge in [-0.3, -0.25) is 0 Å². The van der Waals surface area contributed by atoms with E-state index in [0.29, 0.717) is 28.1 Å². The van der Waals surface area contributed by atoms with E-state index in [0.717, 1.165) is 11.8 Å². The van der Waals surface area contributed by atoms with Gasteiger partial charge in [0, 0.05) is 34.0 Å². The molecule has 6 aliphatic rings. The van der Waals surface area contributed by atoms with Gasteiger partial charge >= 0.3 is 0 Å². The minimum atomic E-state index is -0.0163. The van der Waals surface area contributed by atoms with Gasteiger partial charge in [-0.1, -0.05) is 155 Å². The van der Waals surface area contributed by atoms with Crippen LogP contribution in [0.4, 0.5) is 34.1 Å². The Hall–Kier alpha value is -5.02. The summed E-state index contributed by atoms with van der Waals surface area (Å²) in [5, 5.41) is 0. The third-order valence-corrected chi connectivity index (χ3v) is 21.3. The number of hydrogen-bond acceptors (Lipinski definition) is 2. The topological polar surface area (TPSA) is 6.48 Å².